The average Bonchev–Trinajstić information content (AvgIpc) is 3.27. The van der Waals surface area contributed by atoms with E-state index in [4.69, 9.17) is 4.74 Å². The Kier molecular flexibility index (Phi) is 5.96. The van der Waals surface area contributed by atoms with E-state index >= 15 is 0 Å². The van der Waals surface area contributed by atoms with Crippen LogP contribution >= 0.6 is 0 Å². The van der Waals surface area contributed by atoms with Crippen molar-refractivity contribution in [1.82, 2.24) is 14.8 Å². The second kappa shape index (κ2) is 9.34. The van der Waals surface area contributed by atoms with Gasteiger partial charge in [0.1, 0.15) is 12.4 Å². The van der Waals surface area contributed by atoms with Crippen LogP contribution in [0.15, 0.2) is 97.6 Å². The SMILES string of the molecule is O=C(/C=C/c1cnn(-c2ccccc2)c1)Nc1cccc(OCc2cccnc2)c1. The minimum atomic E-state index is -0.230. The van der Waals surface area contributed by atoms with Crippen molar-refractivity contribution < 1.29 is 9.53 Å². The first-order valence-electron chi connectivity index (χ1n) is 9.47. The molecule has 4 aromatic rings. The highest BCUT2D eigenvalue weighted by Crippen LogP contribution is 2.18. The maximum Gasteiger partial charge on any atom is 0.248 e. The Hall–Kier alpha value is -4.19. The first-order valence-corrected chi connectivity index (χ1v) is 9.47. The zero-order valence-corrected chi connectivity index (χ0v) is 16.2. The number of nitrogens with one attached hydrogen (secondary N) is 1. The maximum atomic E-state index is 12.3. The van der Waals surface area contributed by atoms with Crippen LogP contribution in [0.2, 0.25) is 0 Å². The largest absolute Gasteiger partial charge is 0.489 e. The van der Waals surface area contributed by atoms with E-state index in [2.05, 4.69) is 15.4 Å². The van der Waals surface area contributed by atoms with Crippen LogP contribution in [-0.4, -0.2) is 20.7 Å². The lowest BCUT2D eigenvalue weighted by Crippen LogP contribution is -2.07. The van der Waals surface area contributed by atoms with Gasteiger partial charge in [-0.25, -0.2) is 4.68 Å². The number of hydrogen-bond acceptors (Lipinski definition) is 4. The van der Waals surface area contributed by atoms with Crippen LogP contribution in [0.4, 0.5) is 5.69 Å². The smallest absolute Gasteiger partial charge is 0.248 e. The number of pyridine rings is 1. The summed E-state index contributed by atoms with van der Waals surface area (Å²) in [6.07, 6.45) is 10.3. The van der Waals surface area contributed by atoms with Crippen molar-refractivity contribution >= 4 is 17.7 Å². The lowest BCUT2D eigenvalue weighted by Gasteiger charge is -2.08. The van der Waals surface area contributed by atoms with Gasteiger partial charge in [0, 0.05) is 47.5 Å². The molecule has 0 saturated carbocycles. The monoisotopic (exact) mass is 396 g/mol. The van der Waals surface area contributed by atoms with Gasteiger partial charge in [-0.1, -0.05) is 30.3 Å². The topological polar surface area (TPSA) is 69.0 Å². The fourth-order valence-electron chi connectivity index (χ4n) is 2.81. The molecule has 0 saturated heterocycles. The first kappa shape index (κ1) is 19.1. The van der Waals surface area contributed by atoms with Crippen LogP contribution in [0.3, 0.4) is 0 Å². The fraction of sp³-hybridized carbons (Fsp3) is 0.0417. The lowest BCUT2D eigenvalue weighted by atomic mass is 10.2. The molecule has 2 aromatic heterocycles. The highest BCUT2D eigenvalue weighted by atomic mass is 16.5. The standard InChI is InChI=1S/C24H20N4O2/c29-24(12-11-19-16-26-28(17-19)22-8-2-1-3-9-22)27-21-7-4-10-23(14-21)30-18-20-6-5-13-25-15-20/h1-17H,18H2,(H,27,29)/b12-11+. The van der Waals surface area contributed by atoms with Crippen LogP contribution in [0.25, 0.3) is 11.8 Å². The molecule has 4 rings (SSSR count). The molecule has 0 unspecified atom stereocenters. The molecule has 0 aliphatic carbocycles. The molecule has 1 N–H and O–H groups in total. The number of nitrogens with zero attached hydrogens (tertiary/aromatic N) is 3. The summed E-state index contributed by atoms with van der Waals surface area (Å²) in [5.41, 5.74) is 3.44. The van der Waals surface area contributed by atoms with E-state index < -0.39 is 0 Å². The third-order valence-corrected chi connectivity index (χ3v) is 4.28. The molecule has 2 heterocycles. The van der Waals surface area contributed by atoms with E-state index in [1.165, 1.54) is 6.08 Å². The minimum absolute atomic E-state index is 0.230. The molecule has 6 nitrogen and oxygen atoms in total. The molecule has 148 valence electrons. The van der Waals surface area contributed by atoms with Crippen LogP contribution in [0.5, 0.6) is 5.75 Å². The van der Waals surface area contributed by atoms with Crippen molar-refractivity contribution in [2.45, 2.75) is 6.61 Å². The third kappa shape index (κ3) is 5.20. The summed E-state index contributed by atoms with van der Waals surface area (Å²) in [6, 6.07) is 20.9. The number of hydrogen-bond donors (Lipinski definition) is 1. The van der Waals surface area contributed by atoms with Crippen molar-refractivity contribution in [2.24, 2.45) is 0 Å². The minimum Gasteiger partial charge on any atom is -0.489 e. The van der Waals surface area contributed by atoms with Crippen molar-refractivity contribution in [3.8, 4) is 11.4 Å². The van der Waals surface area contributed by atoms with Gasteiger partial charge in [-0.15, -0.1) is 0 Å². The van der Waals surface area contributed by atoms with Gasteiger partial charge in [-0.3, -0.25) is 9.78 Å². The molecule has 0 fully saturated rings. The van der Waals surface area contributed by atoms with Crippen LogP contribution in [0, 0.1) is 0 Å². The Bertz CT molecular complexity index is 1140. The van der Waals surface area contributed by atoms with Gasteiger partial charge in [-0.2, -0.15) is 5.10 Å². The molecule has 0 aliphatic heterocycles. The number of rotatable bonds is 7. The molecular weight excluding hydrogens is 376 g/mol. The number of aromatic nitrogens is 3. The molecule has 0 spiro atoms. The molecule has 0 atom stereocenters. The summed E-state index contributed by atoms with van der Waals surface area (Å²) in [5.74, 6) is 0.441. The summed E-state index contributed by atoms with van der Waals surface area (Å²) < 4.78 is 7.53. The second-order valence-electron chi connectivity index (χ2n) is 6.55. The fourth-order valence-corrected chi connectivity index (χ4v) is 2.81. The van der Waals surface area contributed by atoms with E-state index in [1.807, 2.05) is 66.9 Å². The van der Waals surface area contributed by atoms with E-state index in [1.54, 1.807) is 35.4 Å². The number of amides is 1. The van der Waals surface area contributed by atoms with E-state index in [0.717, 1.165) is 16.8 Å². The molecule has 30 heavy (non-hydrogen) atoms. The van der Waals surface area contributed by atoms with E-state index in [9.17, 15) is 4.79 Å². The number of benzene rings is 2. The second-order valence-corrected chi connectivity index (χ2v) is 6.55. The van der Waals surface area contributed by atoms with Crippen molar-refractivity contribution in [3.05, 3.63) is 109 Å². The number of para-hydroxylation sites is 1. The van der Waals surface area contributed by atoms with Gasteiger partial charge in [-0.05, 0) is 36.4 Å². The molecule has 0 aliphatic rings. The third-order valence-electron chi connectivity index (χ3n) is 4.28. The summed E-state index contributed by atoms with van der Waals surface area (Å²) >= 11 is 0. The molecule has 1 amide bonds. The van der Waals surface area contributed by atoms with Crippen LogP contribution in [-0.2, 0) is 11.4 Å². The van der Waals surface area contributed by atoms with Crippen LogP contribution in [0.1, 0.15) is 11.1 Å². The zero-order chi connectivity index (χ0) is 20.6. The number of anilines is 1. The molecule has 2 aromatic carbocycles. The summed E-state index contributed by atoms with van der Waals surface area (Å²) in [6.45, 7) is 0.413. The van der Waals surface area contributed by atoms with E-state index in [-0.39, 0.29) is 5.91 Å². The molecule has 6 heteroatoms. The number of carbonyl (C=O) groups is 1. The van der Waals surface area contributed by atoms with Crippen molar-refractivity contribution in [1.29, 1.82) is 0 Å². The predicted octanol–water partition coefficient (Wildman–Crippen LogP) is 4.50. The van der Waals surface area contributed by atoms with Gasteiger partial charge in [0.25, 0.3) is 0 Å². The quantitative estimate of drug-likeness (QED) is 0.467. The van der Waals surface area contributed by atoms with Crippen molar-refractivity contribution in [3.63, 3.8) is 0 Å². The normalized spacial score (nSPS) is 10.8. The Morgan fingerprint density at radius 1 is 1.03 bits per heavy atom. The van der Waals surface area contributed by atoms with Gasteiger partial charge in [0.15, 0.2) is 0 Å². The Labute approximate surface area is 174 Å². The van der Waals surface area contributed by atoms with Gasteiger partial charge in [0.05, 0.1) is 11.9 Å². The van der Waals surface area contributed by atoms with Gasteiger partial charge in [0.2, 0.25) is 5.91 Å². The average molecular weight is 396 g/mol. The summed E-state index contributed by atoms with van der Waals surface area (Å²) in [4.78, 5) is 16.3. The number of ether oxygens (including phenoxy) is 1. The van der Waals surface area contributed by atoms with Crippen molar-refractivity contribution in [2.75, 3.05) is 5.32 Å². The van der Waals surface area contributed by atoms with Crippen LogP contribution < -0.4 is 10.1 Å². The highest BCUT2D eigenvalue weighted by molar-refractivity contribution is 6.01. The molecular formula is C24H20N4O2. The highest BCUT2D eigenvalue weighted by Gasteiger charge is 2.02. The Morgan fingerprint density at radius 2 is 1.93 bits per heavy atom. The molecule has 0 radical (unpaired) electrons. The van der Waals surface area contributed by atoms with Gasteiger partial charge < -0.3 is 10.1 Å². The predicted molar refractivity (Wildman–Crippen MR) is 116 cm³/mol. The molecule has 0 bridgehead atoms. The summed E-state index contributed by atoms with van der Waals surface area (Å²) in [7, 11) is 0. The number of carbonyl (C=O) groups excluding carboxylic acids is 1. The van der Waals surface area contributed by atoms with E-state index in [0.29, 0.717) is 18.0 Å². The maximum absolute atomic E-state index is 12.3. The lowest BCUT2D eigenvalue weighted by molar-refractivity contribution is -0.111. The zero-order valence-electron chi connectivity index (χ0n) is 16.2. The Balaban J connectivity index is 1.34. The van der Waals surface area contributed by atoms with Gasteiger partial charge >= 0.3 is 0 Å². The summed E-state index contributed by atoms with van der Waals surface area (Å²) in [5, 5.41) is 7.16. The first-order chi connectivity index (χ1) is 14.8. The Morgan fingerprint density at radius 3 is 2.77 bits per heavy atom.